The number of carbonyl (C=O) groups is 1. The minimum atomic E-state index is -4.52. The number of ether oxygens (including phenoxy) is 1. The van der Waals surface area contributed by atoms with Crippen molar-refractivity contribution in [3.8, 4) is 5.88 Å². The molecule has 1 N–H and O–H groups in total. The topological polar surface area (TPSA) is 59.4 Å². The summed E-state index contributed by atoms with van der Waals surface area (Å²) in [5.41, 5.74) is 2.30. The second-order valence-electron chi connectivity index (χ2n) is 9.18. The van der Waals surface area contributed by atoms with E-state index < -0.39 is 23.5 Å². The standard InChI is InChI=1S/C27H23F4NO3/c1-2-14-4-3-5-18(21(8-14)27(29,30)31)15-6-7-22(28)17(9-15)13-35-23-11-16-10-19-24(20(16)12-32-23)25(19)26(33)34/h3-7,9,11-12,19,24-25H,2,8,10,13H2,1H3,(H,33,34). The lowest BCUT2D eigenvalue weighted by molar-refractivity contribution is -0.139. The van der Waals surface area contributed by atoms with E-state index in [0.29, 0.717) is 18.4 Å². The van der Waals surface area contributed by atoms with E-state index in [2.05, 4.69) is 4.98 Å². The number of aliphatic carboxylic acids is 1. The van der Waals surface area contributed by atoms with E-state index >= 15 is 0 Å². The van der Waals surface area contributed by atoms with Crippen molar-refractivity contribution >= 4 is 11.5 Å². The molecule has 1 saturated carbocycles. The molecular formula is C27H23F4NO3. The Morgan fingerprint density at radius 1 is 1.26 bits per heavy atom. The quantitative estimate of drug-likeness (QED) is 0.482. The Hall–Kier alpha value is -3.42. The maximum atomic E-state index is 14.5. The average molecular weight is 485 g/mol. The van der Waals surface area contributed by atoms with Crippen LogP contribution in [0.4, 0.5) is 17.6 Å². The number of hydrogen-bond donors (Lipinski definition) is 1. The number of pyridine rings is 1. The minimum absolute atomic E-state index is 0.00961. The summed E-state index contributed by atoms with van der Waals surface area (Å²) in [4.78, 5) is 15.5. The minimum Gasteiger partial charge on any atom is -0.481 e. The molecule has 182 valence electrons. The molecule has 0 aliphatic heterocycles. The number of allylic oxidation sites excluding steroid dienone is 6. The van der Waals surface area contributed by atoms with Gasteiger partial charge in [-0.1, -0.05) is 36.8 Å². The van der Waals surface area contributed by atoms with Crippen LogP contribution in [0.5, 0.6) is 5.88 Å². The number of carboxylic acids is 1. The van der Waals surface area contributed by atoms with Gasteiger partial charge < -0.3 is 9.84 Å². The van der Waals surface area contributed by atoms with Crippen LogP contribution in [0, 0.1) is 17.7 Å². The summed E-state index contributed by atoms with van der Waals surface area (Å²) in [6.45, 7) is 1.61. The Balaban J connectivity index is 1.37. The molecule has 2 aromatic rings. The molecule has 8 heteroatoms. The third-order valence-corrected chi connectivity index (χ3v) is 7.12. The molecule has 1 aromatic heterocycles. The van der Waals surface area contributed by atoms with Crippen LogP contribution in [-0.4, -0.2) is 22.2 Å². The van der Waals surface area contributed by atoms with E-state index in [0.717, 1.165) is 17.2 Å². The van der Waals surface area contributed by atoms with Gasteiger partial charge in [0.05, 0.1) is 5.92 Å². The van der Waals surface area contributed by atoms with Gasteiger partial charge in [0.15, 0.2) is 0 Å². The zero-order valence-corrected chi connectivity index (χ0v) is 18.9. The van der Waals surface area contributed by atoms with Gasteiger partial charge in [0.25, 0.3) is 0 Å². The first kappa shape index (κ1) is 23.3. The van der Waals surface area contributed by atoms with E-state index in [4.69, 9.17) is 4.74 Å². The van der Waals surface area contributed by atoms with Crippen molar-refractivity contribution in [2.45, 2.75) is 44.9 Å². The largest absolute Gasteiger partial charge is 0.481 e. The first-order valence-electron chi connectivity index (χ1n) is 11.5. The van der Waals surface area contributed by atoms with Crippen LogP contribution < -0.4 is 4.74 Å². The Morgan fingerprint density at radius 2 is 2.06 bits per heavy atom. The Morgan fingerprint density at radius 3 is 2.77 bits per heavy atom. The van der Waals surface area contributed by atoms with Gasteiger partial charge in [0.2, 0.25) is 5.88 Å². The molecule has 3 atom stereocenters. The summed E-state index contributed by atoms with van der Waals surface area (Å²) in [5, 5.41) is 9.24. The van der Waals surface area contributed by atoms with Crippen molar-refractivity contribution in [2.24, 2.45) is 11.8 Å². The highest BCUT2D eigenvalue weighted by molar-refractivity contribution is 5.79. The predicted molar refractivity (Wildman–Crippen MR) is 121 cm³/mol. The first-order valence-corrected chi connectivity index (χ1v) is 11.5. The van der Waals surface area contributed by atoms with Crippen molar-refractivity contribution in [2.75, 3.05) is 0 Å². The van der Waals surface area contributed by atoms with Crippen molar-refractivity contribution in [1.29, 1.82) is 0 Å². The third-order valence-electron chi connectivity index (χ3n) is 7.12. The second kappa shape index (κ2) is 8.66. The predicted octanol–water partition coefficient (Wildman–Crippen LogP) is 6.38. The third kappa shape index (κ3) is 4.37. The second-order valence-corrected chi connectivity index (χ2v) is 9.18. The zero-order valence-electron chi connectivity index (χ0n) is 18.9. The van der Waals surface area contributed by atoms with Gasteiger partial charge >= 0.3 is 12.1 Å². The van der Waals surface area contributed by atoms with Gasteiger partial charge in [-0.3, -0.25) is 4.79 Å². The fourth-order valence-corrected chi connectivity index (χ4v) is 5.22. The summed E-state index contributed by atoms with van der Waals surface area (Å²) in [7, 11) is 0. The van der Waals surface area contributed by atoms with Crippen molar-refractivity contribution < 1.29 is 32.2 Å². The summed E-state index contributed by atoms with van der Waals surface area (Å²) < 4.78 is 61.8. The fraction of sp³-hybridized carbons (Fsp3) is 0.333. The lowest BCUT2D eigenvalue weighted by Crippen LogP contribution is -2.14. The molecule has 0 spiro atoms. The SMILES string of the molecule is CCC1=CC=CC(c2ccc(F)c(COc3cc4c(cn3)C3C(C4)C3C(=O)O)c2)=C(C(F)(F)F)C1. The molecule has 3 aliphatic rings. The monoisotopic (exact) mass is 485 g/mol. The highest BCUT2D eigenvalue weighted by Crippen LogP contribution is 2.61. The number of benzene rings is 1. The molecule has 3 aliphatic carbocycles. The Labute approximate surface area is 199 Å². The maximum Gasteiger partial charge on any atom is 0.413 e. The number of halogens is 4. The van der Waals surface area contributed by atoms with Crippen LogP contribution in [-0.2, 0) is 17.8 Å². The van der Waals surface area contributed by atoms with Gasteiger partial charge in [-0.25, -0.2) is 9.37 Å². The molecule has 1 fully saturated rings. The van der Waals surface area contributed by atoms with Gasteiger partial charge in [-0.2, -0.15) is 13.2 Å². The number of aromatic nitrogens is 1. The zero-order chi connectivity index (χ0) is 24.9. The number of carboxylic acid groups (broad SMARTS) is 1. The number of nitrogens with zero attached hydrogens (tertiary/aromatic N) is 1. The van der Waals surface area contributed by atoms with E-state index in [1.807, 2.05) is 6.92 Å². The van der Waals surface area contributed by atoms with Crippen LogP contribution >= 0.6 is 0 Å². The molecule has 0 radical (unpaired) electrons. The van der Waals surface area contributed by atoms with Crippen LogP contribution in [0.25, 0.3) is 5.57 Å². The fourth-order valence-electron chi connectivity index (χ4n) is 5.22. The molecule has 1 heterocycles. The molecule has 4 nitrogen and oxygen atoms in total. The summed E-state index contributed by atoms with van der Waals surface area (Å²) in [5.74, 6) is -1.40. The molecule has 0 amide bonds. The van der Waals surface area contributed by atoms with Crippen LogP contribution in [0.15, 0.2) is 59.8 Å². The molecule has 1 aromatic carbocycles. The normalized spacial score (nSPS) is 22.9. The number of fused-ring (bicyclic) bond motifs is 3. The molecule has 5 rings (SSSR count). The van der Waals surface area contributed by atoms with E-state index in [-0.39, 0.29) is 53.4 Å². The van der Waals surface area contributed by atoms with Gasteiger partial charge in [-0.05, 0) is 59.6 Å². The highest BCUT2D eigenvalue weighted by atomic mass is 19.4. The lowest BCUT2D eigenvalue weighted by Gasteiger charge is -2.17. The summed E-state index contributed by atoms with van der Waals surface area (Å²) >= 11 is 0. The number of rotatable bonds is 6. The summed E-state index contributed by atoms with van der Waals surface area (Å²) in [6, 6.07) is 5.62. The highest BCUT2D eigenvalue weighted by Gasteiger charge is 2.59. The number of alkyl halides is 3. The summed E-state index contributed by atoms with van der Waals surface area (Å²) in [6.07, 6.45) is 2.73. The van der Waals surface area contributed by atoms with Crippen molar-refractivity contribution in [1.82, 2.24) is 4.98 Å². The Bertz CT molecular complexity index is 1290. The maximum absolute atomic E-state index is 14.5. The average Bonchev–Trinajstić information content (AvgIpc) is 3.47. The van der Waals surface area contributed by atoms with Gasteiger partial charge in [-0.15, -0.1) is 0 Å². The van der Waals surface area contributed by atoms with Crippen molar-refractivity contribution in [3.63, 3.8) is 0 Å². The molecule has 35 heavy (non-hydrogen) atoms. The van der Waals surface area contributed by atoms with Crippen molar-refractivity contribution in [3.05, 3.63) is 87.9 Å². The van der Waals surface area contributed by atoms with E-state index in [1.165, 1.54) is 18.2 Å². The van der Waals surface area contributed by atoms with Crippen LogP contribution in [0.2, 0.25) is 0 Å². The van der Waals surface area contributed by atoms with E-state index in [9.17, 15) is 27.5 Å². The van der Waals surface area contributed by atoms with Gasteiger partial charge in [0.1, 0.15) is 12.4 Å². The Kier molecular flexibility index (Phi) is 5.77. The van der Waals surface area contributed by atoms with Crippen LogP contribution in [0.1, 0.15) is 47.9 Å². The smallest absolute Gasteiger partial charge is 0.413 e. The van der Waals surface area contributed by atoms with Crippen LogP contribution in [0.3, 0.4) is 0 Å². The van der Waals surface area contributed by atoms with Gasteiger partial charge in [0, 0.05) is 29.3 Å². The molecule has 0 bridgehead atoms. The molecule has 3 unspecified atom stereocenters. The first-order chi connectivity index (χ1) is 16.7. The molecule has 0 saturated heterocycles. The number of hydrogen-bond acceptors (Lipinski definition) is 3. The molecular weight excluding hydrogens is 462 g/mol. The lowest BCUT2D eigenvalue weighted by atomic mass is 9.94. The van der Waals surface area contributed by atoms with E-state index in [1.54, 1.807) is 24.4 Å².